The second-order valence-corrected chi connectivity index (χ2v) is 5.57. The van der Waals surface area contributed by atoms with E-state index in [2.05, 4.69) is 49.4 Å². The van der Waals surface area contributed by atoms with Gasteiger partial charge in [0.05, 0.1) is 14.2 Å². The van der Waals surface area contributed by atoms with Crippen LogP contribution in [-0.4, -0.2) is 14.2 Å². The average Bonchev–Trinajstić information content (AvgIpc) is 2.58. The minimum Gasteiger partial charge on any atom is -0.496 e. The molecule has 2 nitrogen and oxygen atoms in total. The maximum Gasteiger partial charge on any atom is 0.126 e. The number of hydrogen-bond acceptors (Lipinski definition) is 2. The van der Waals surface area contributed by atoms with E-state index in [9.17, 15) is 0 Å². The second kappa shape index (κ2) is 8.47. The Labute approximate surface area is 134 Å². The van der Waals surface area contributed by atoms with Crippen molar-refractivity contribution in [2.45, 2.75) is 39.0 Å². The average molecular weight is 298 g/mol. The molecule has 0 radical (unpaired) electrons. The lowest BCUT2D eigenvalue weighted by Crippen LogP contribution is -2.00. The van der Waals surface area contributed by atoms with E-state index in [4.69, 9.17) is 9.47 Å². The molecule has 0 fully saturated rings. The number of unbranched alkanes of at least 4 members (excludes halogenated alkanes) is 1. The van der Waals surface area contributed by atoms with E-state index in [0.29, 0.717) is 0 Å². The summed E-state index contributed by atoms with van der Waals surface area (Å²) in [5.41, 5.74) is 3.81. The number of ether oxygens (including phenoxy) is 2. The van der Waals surface area contributed by atoms with Crippen molar-refractivity contribution in [3.63, 3.8) is 0 Å². The Morgan fingerprint density at radius 3 is 1.91 bits per heavy atom. The number of hydrogen-bond donors (Lipinski definition) is 0. The Hall–Kier alpha value is -1.96. The molecule has 0 heterocycles. The summed E-state index contributed by atoms with van der Waals surface area (Å²) in [6.45, 7) is 2.20. The lowest BCUT2D eigenvalue weighted by atomic mass is 9.99. The fourth-order valence-corrected chi connectivity index (χ4v) is 2.72. The van der Waals surface area contributed by atoms with E-state index in [1.165, 1.54) is 23.1 Å². The van der Waals surface area contributed by atoms with Gasteiger partial charge in [-0.1, -0.05) is 43.7 Å². The van der Waals surface area contributed by atoms with Gasteiger partial charge in [0.1, 0.15) is 11.5 Å². The minimum atomic E-state index is 0.955. The van der Waals surface area contributed by atoms with E-state index in [0.717, 1.165) is 37.2 Å². The van der Waals surface area contributed by atoms with Crippen molar-refractivity contribution >= 4 is 0 Å². The van der Waals surface area contributed by atoms with E-state index in [-0.39, 0.29) is 0 Å². The maximum absolute atomic E-state index is 5.60. The highest BCUT2D eigenvalue weighted by Crippen LogP contribution is 2.32. The molecule has 2 heteroatoms. The number of aryl methyl sites for hydroxylation is 2. The van der Waals surface area contributed by atoms with E-state index < -0.39 is 0 Å². The quantitative estimate of drug-likeness (QED) is 0.695. The molecule has 0 aromatic heterocycles. The highest BCUT2D eigenvalue weighted by molar-refractivity contribution is 5.48. The van der Waals surface area contributed by atoms with Gasteiger partial charge in [0.25, 0.3) is 0 Å². The summed E-state index contributed by atoms with van der Waals surface area (Å²) in [5.74, 6) is 1.91. The van der Waals surface area contributed by atoms with Crippen molar-refractivity contribution in [1.82, 2.24) is 0 Å². The lowest BCUT2D eigenvalue weighted by molar-refractivity contribution is 0.383. The lowest BCUT2D eigenvalue weighted by Gasteiger charge is -2.15. The highest BCUT2D eigenvalue weighted by Gasteiger charge is 2.12. The van der Waals surface area contributed by atoms with Gasteiger partial charge in [0, 0.05) is 5.56 Å². The van der Waals surface area contributed by atoms with Gasteiger partial charge in [-0.05, 0) is 48.9 Å². The monoisotopic (exact) mass is 298 g/mol. The molecule has 2 rings (SSSR count). The fourth-order valence-electron chi connectivity index (χ4n) is 2.72. The van der Waals surface area contributed by atoms with Gasteiger partial charge < -0.3 is 9.47 Å². The van der Waals surface area contributed by atoms with Gasteiger partial charge in [-0.25, -0.2) is 0 Å². The zero-order chi connectivity index (χ0) is 15.8. The van der Waals surface area contributed by atoms with Crippen LogP contribution in [0.1, 0.15) is 36.5 Å². The van der Waals surface area contributed by atoms with Crippen LogP contribution < -0.4 is 9.47 Å². The van der Waals surface area contributed by atoms with Crippen LogP contribution in [0.2, 0.25) is 0 Å². The summed E-state index contributed by atoms with van der Waals surface area (Å²) in [4.78, 5) is 0. The van der Waals surface area contributed by atoms with Crippen LogP contribution in [0.25, 0.3) is 0 Å². The first-order valence-electron chi connectivity index (χ1n) is 8.06. The van der Waals surface area contributed by atoms with Gasteiger partial charge in [0.2, 0.25) is 0 Å². The third kappa shape index (κ3) is 4.27. The molecule has 0 atom stereocenters. The molecule has 0 N–H and O–H groups in total. The van der Waals surface area contributed by atoms with E-state index >= 15 is 0 Å². The molecule has 2 aromatic carbocycles. The summed E-state index contributed by atoms with van der Waals surface area (Å²) >= 11 is 0. The van der Waals surface area contributed by atoms with Crippen molar-refractivity contribution in [3.05, 3.63) is 59.2 Å². The molecule has 0 spiro atoms. The first-order valence-corrected chi connectivity index (χ1v) is 8.06. The Morgan fingerprint density at radius 1 is 0.773 bits per heavy atom. The van der Waals surface area contributed by atoms with Gasteiger partial charge in [-0.15, -0.1) is 0 Å². The van der Waals surface area contributed by atoms with Crippen molar-refractivity contribution in [2.24, 2.45) is 0 Å². The Bertz CT molecular complexity index is 551. The Balaban J connectivity index is 2.18. The van der Waals surface area contributed by atoms with E-state index in [1.54, 1.807) is 14.2 Å². The van der Waals surface area contributed by atoms with Crippen molar-refractivity contribution in [2.75, 3.05) is 14.2 Å². The number of methoxy groups -OCH3 is 2. The highest BCUT2D eigenvalue weighted by atomic mass is 16.5. The maximum atomic E-state index is 5.60. The molecule has 0 aliphatic rings. The topological polar surface area (TPSA) is 18.5 Å². The molecule has 2 aromatic rings. The second-order valence-electron chi connectivity index (χ2n) is 5.57. The molecule has 118 valence electrons. The molecule has 0 bridgehead atoms. The molecule has 0 aliphatic carbocycles. The first-order chi connectivity index (χ1) is 10.8. The molecular weight excluding hydrogens is 272 g/mol. The summed E-state index contributed by atoms with van der Waals surface area (Å²) in [6.07, 6.45) is 5.34. The molecule has 0 amide bonds. The predicted octanol–water partition coefficient (Wildman–Crippen LogP) is 4.83. The van der Waals surface area contributed by atoms with E-state index in [1.807, 2.05) is 0 Å². The summed E-state index contributed by atoms with van der Waals surface area (Å²) in [5, 5.41) is 0. The largest absolute Gasteiger partial charge is 0.496 e. The zero-order valence-corrected chi connectivity index (χ0v) is 13.9. The van der Waals surface area contributed by atoms with Crippen LogP contribution in [0.5, 0.6) is 11.5 Å². The van der Waals surface area contributed by atoms with Crippen molar-refractivity contribution in [3.8, 4) is 11.5 Å². The summed E-state index contributed by atoms with van der Waals surface area (Å²) < 4.78 is 11.2. The zero-order valence-electron chi connectivity index (χ0n) is 13.9. The van der Waals surface area contributed by atoms with Crippen LogP contribution in [0.3, 0.4) is 0 Å². The van der Waals surface area contributed by atoms with Gasteiger partial charge in [0.15, 0.2) is 0 Å². The van der Waals surface area contributed by atoms with Gasteiger partial charge in [-0.3, -0.25) is 0 Å². The first kappa shape index (κ1) is 16.4. The molecular formula is C20H26O2. The minimum absolute atomic E-state index is 0.955. The van der Waals surface area contributed by atoms with Gasteiger partial charge in [-0.2, -0.15) is 0 Å². The molecule has 0 saturated heterocycles. The Kier molecular flexibility index (Phi) is 6.32. The normalized spacial score (nSPS) is 10.5. The third-order valence-corrected chi connectivity index (χ3v) is 3.99. The summed E-state index contributed by atoms with van der Waals surface area (Å²) in [7, 11) is 3.48. The molecule has 0 unspecified atom stereocenters. The molecule has 0 saturated carbocycles. The molecule has 0 aliphatic heterocycles. The Morgan fingerprint density at radius 2 is 1.36 bits per heavy atom. The standard InChI is InChI=1S/C20H26O2/c1-4-5-11-18-19(21-2)14-17(15-20(18)22-3)13-12-16-9-7-6-8-10-16/h6-10,14-15H,4-5,11-13H2,1-3H3. The van der Waals surface area contributed by atoms with Gasteiger partial charge >= 0.3 is 0 Å². The van der Waals surface area contributed by atoms with Crippen LogP contribution in [-0.2, 0) is 19.3 Å². The van der Waals surface area contributed by atoms with Crippen molar-refractivity contribution < 1.29 is 9.47 Å². The molecule has 22 heavy (non-hydrogen) atoms. The third-order valence-electron chi connectivity index (χ3n) is 3.99. The van der Waals surface area contributed by atoms with Crippen molar-refractivity contribution in [1.29, 1.82) is 0 Å². The SMILES string of the molecule is CCCCc1c(OC)cc(CCc2ccccc2)cc1OC. The van der Waals surface area contributed by atoms with Crippen LogP contribution in [0, 0.1) is 0 Å². The number of rotatable bonds is 8. The summed E-state index contributed by atoms with van der Waals surface area (Å²) in [6, 6.07) is 14.9. The predicted molar refractivity (Wildman–Crippen MR) is 92.0 cm³/mol. The van der Waals surface area contributed by atoms with Crippen LogP contribution >= 0.6 is 0 Å². The fraction of sp³-hybridized carbons (Fsp3) is 0.400. The number of benzene rings is 2. The van der Waals surface area contributed by atoms with Crippen LogP contribution in [0.4, 0.5) is 0 Å². The smallest absolute Gasteiger partial charge is 0.126 e. The van der Waals surface area contributed by atoms with Crippen LogP contribution in [0.15, 0.2) is 42.5 Å².